The second-order valence-corrected chi connectivity index (χ2v) is 4.17. The number of carbonyl (C=O) groups is 1. The minimum atomic E-state index is -0.787. The van der Waals surface area contributed by atoms with Crippen molar-refractivity contribution in [2.24, 2.45) is 0 Å². The Bertz CT molecular complexity index is 454. The van der Waals surface area contributed by atoms with Crippen molar-refractivity contribution in [2.45, 2.75) is 18.6 Å². The van der Waals surface area contributed by atoms with Crippen LogP contribution in [0.15, 0.2) is 18.2 Å². The van der Waals surface area contributed by atoms with E-state index in [4.69, 9.17) is 4.74 Å². The van der Waals surface area contributed by atoms with Crippen LogP contribution in [0.4, 0.5) is 14.5 Å². The lowest BCUT2D eigenvalue weighted by molar-refractivity contribution is -0.118. The van der Waals surface area contributed by atoms with Crippen LogP contribution in [0.5, 0.6) is 0 Å². The number of amides is 1. The largest absolute Gasteiger partial charge is 0.380 e. The Morgan fingerprint density at radius 3 is 2.89 bits per heavy atom. The molecule has 1 aromatic rings. The van der Waals surface area contributed by atoms with E-state index in [9.17, 15) is 13.6 Å². The number of benzene rings is 1. The summed E-state index contributed by atoms with van der Waals surface area (Å²) in [6.45, 7) is 0.584. The molecule has 2 N–H and O–H groups in total. The third-order valence-corrected chi connectivity index (χ3v) is 2.93. The first-order valence-corrected chi connectivity index (χ1v) is 5.62. The molecule has 18 heavy (non-hydrogen) atoms. The van der Waals surface area contributed by atoms with Gasteiger partial charge in [0.25, 0.3) is 0 Å². The fraction of sp³-hybridized carbons (Fsp3) is 0.417. The summed E-state index contributed by atoms with van der Waals surface area (Å²) in [5.74, 6) is -1.81. The zero-order chi connectivity index (χ0) is 13.1. The predicted octanol–water partition coefficient (Wildman–Crippen LogP) is 1.28. The fourth-order valence-electron chi connectivity index (χ4n) is 1.89. The second-order valence-electron chi connectivity index (χ2n) is 4.17. The number of methoxy groups -OCH3 is 1. The highest BCUT2D eigenvalue weighted by atomic mass is 19.1. The van der Waals surface area contributed by atoms with Gasteiger partial charge in [0, 0.05) is 19.7 Å². The molecule has 0 spiro atoms. The molecule has 0 aliphatic carbocycles. The maximum atomic E-state index is 13.3. The third kappa shape index (κ3) is 2.83. The number of hydrogen-bond acceptors (Lipinski definition) is 3. The van der Waals surface area contributed by atoms with Gasteiger partial charge in [-0.2, -0.15) is 0 Å². The lowest BCUT2D eigenvalue weighted by Gasteiger charge is -2.11. The Kier molecular flexibility index (Phi) is 3.88. The quantitative estimate of drug-likeness (QED) is 0.856. The van der Waals surface area contributed by atoms with Crippen molar-refractivity contribution in [3.8, 4) is 0 Å². The molecule has 98 valence electrons. The molecule has 2 rings (SSSR count). The van der Waals surface area contributed by atoms with E-state index in [0.717, 1.165) is 12.1 Å². The summed E-state index contributed by atoms with van der Waals surface area (Å²) < 4.78 is 31.2. The molecule has 2 atom stereocenters. The second kappa shape index (κ2) is 5.41. The van der Waals surface area contributed by atoms with E-state index in [1.165, 1.54) is 6.07 Å². The minimum absolute atomic E-state index is 0.0150. The van der Waals surface area contributed by atoms with Gasteiger partial charge in [-0.1, -0.05) is 0 Å². The summed E-state index contributed by atoms with van der Waals surface area (Å²) in [5.41, 5.74) is -0.0240. The highest BCUT2D eigenvalue weighted by molar-refractivity contribution is 5.95. The Morgan fingerprint density at radius 1 is 1.50 bits per heavy atom. The number of anilines is 1. The molecule has 0 bridgehead atoms. The lowest BCUT2D eigenvalue weighted by Crippen LogP contribution is -2.35. The first kappa shape index (κ1) is 12.9. The molecular formula is C12H14F2N2O2. The first-order chi connectivity index (χ1) is 8.60. The standard InChI is InChI=1S/C12H14F2N2O2/c1-18-8-5-11(15-6-8)12(17)16-10-3-2-7(13)4-9(10)14/h2-4,8,11,15H,5-6H2,1H3,(H,16,17). The average molecular weight is 256 g/mol. The highest BCUT2D eigenvalue weighted by Crippen LogP contribution is 2.17. The number of ether oxygens (including phenoxy) is 1. The van der Waals surface area contributed by atoms with Crippen LogP contribution in [0, 0.1) is 11.6 Å². The molecular weight excluding hydrogens is 242 g/mol. The molecule has 2 unspecified atom stereocenters. The first-order valence-electron chi connectivity index (χ1n) is 5.62. The maximum Gasteiger partial charge on any atom is 0.241 e. The third-order valence-electron chi connectivity index (χ3n) is 2.93. The van der Waals surface area contributed by atoms with Crippen molar-refractivity contribution >= 4 is 11.6 Å². The molecule has 1 heterocycles. The van der Waals surface area contributed by atoms with E-state index >= 15 is 0 Å². The van der Waals surface area contributed by atoms with Gasteiger partial charge >= 0.3 is 0 Å². The van der Waals surface area contributed by atoms with Crippen molar-refractivity contribution in [1.82, 2.24) is 5.32 Å². The molecule has 0 radical (unpaired) electrons. The molecule has 0 aromatic heterocycles. The Morgan fingerprint density at radius 2 is 2.28 bits per heavy atom. The van der Waals surface area contributed by atoms with Crippen LogP contribution in [0.25, 0.3) is 0 Å². The number of nitrogens with one attached hydrogen (secondary N) is 2. The fourth-order valence-corrected chi connectivity index (χ4v) is 1.89. The van der Waals surface area contributed by atoms with Gasteiger partial charge in [-0.15, -0.1) is 0 Å². The monoisotopic (exact) mass is 256 g/mol. The van der Waals surface area contributed by atoms with E-state index in [1.54, 1.807) is 7.11 Å². The zero-order valence-electron chi connectivity index (χ0n) is 9.87. The van der Waals surface area contributed by atoms with Gasteiger partial charge in [-0.25, -0.2) is 8.78 Å². The van der Waals surface area contributed by atoms with Crippen LogP contribution < -0.4 is 10.6 Å². The average Bonchev–Trinajstić information content (AvgIpc) is 2.81. The van der Waals surface area contributed by atoms with Crippen molar-refractivity contribution in [1.29, 1.82) is 0 Å². The molecule has 1 saturated heterocycles. The van der Waals surface area contributed by atoms with Crippen molar-refractivity contribution < 1.29 is 18.3 Å². The molecule has 1 aliphatic rings. The van der Waals surface area contributed by atoms with E-state index in [-0.39, 0.29) is 17.7 Å². The van der Waals surface area contributed by atoms with Crippen LogP contribution in [-0.4, -0.2) is 31.7 Å². The Hall–Kier alpha value is -1.53. The molecule has 1 amide bonds. The van der Waals surface area contributed by atoms with Gasteiger partial charge in [0.05, 0.1) is 17.8 Å². The van der Waals surface area contributed by atoms with E-state index in [2.05, 4.69) is 10.6 Å². The minimum Gasteiger partial charge on any atom is -0.380 e. The molecule has 1 aromatic carbocycles. The van der Waals surface area contributed by atoms with Crippen LogP contribution in [-0.2, 0) is 9.53 Å². The number of rotatable bonds is 3. The lowest BCUT2D eigenvalue weighted by atomic mass is 10.2. The number of carbonyl (C=O) groups excluding carboxylic acids is 1. The van der Waals surface area contributed by atoms with E-state index < -0.39 is 17.7 Å². The summed E-state index contributed by atoms with van der Waals surface area (Å²) in [6, 6.07) is 2.61. The van der Waals surface area contributed by atoms with E-state index in [0.29, 0.717) is 13.0 Å². The van der Waals surface area contributed by atoms with Gasteiger partial charge in [-0.05, 0) is 18.6 Å². The van der Waals surface area contributed by atoms with Gasteiger partial charge in [0.15, 0.2) is 0 Å². The molecule has 4 nitrogen and oxygen atoms in total. The van der Waals surface area contributed by atoms with Crippen LogP contribution in [0.1, 0.15) is 6.42 Å². The SMILES string of the molecule is COC1CNC(C(=O)Nc2ccc(F)cc2F)C1. The predicted molar refractivity (Wildman–Crippen MR) is 62.2 cm³/mol. The summed E-state index contributed by atoms with van der Waals surface area (Å²) >= 11 is 0. The van der Waals surface area contributed by atoms with Crippen LogP contribution >= 0.6 is 0 Å². The van der Waals surface area contributed by atoms with Crippen LogP contribution in [0.2, 0.25) is 0 Å². The normalized spacial score (nSPS) is 23.1. The Balaban J connectivity index is 1.99. The topological polar surface area (TPSA) is 50.4 Å². The van der Waals surface area contributed by atoms with Gasteiger partial charge < -0.3 is 15.4 Å². The van der Waals surface area contributed by atoms with Crippen molar-refractivity contribution in [3.05, 3.63) is 29.8 Å². The number of halogens is 2. The smallest absolute Gasteiger partial charge is 0.241 e. The van der Waals surface area contributed by atoms with Gasteiger partial charge in [-0.3, -0.25) is 4.79 Å². The summed E-state index contributed by atoms with van der Waals surface area (Å²) in [6.07, 6.45) is 0.518. The Labute approximate surface area is 103 Å². The van der Waals surface area contributed by atoms with Crippen molar-refractivity contribution in [3.63, 3.8) is 0 Å². The number of hydrogen-bond donors (Lipinski definition) is 2. The summed E-state index contributed by atoms with van der Waals surface area (Å²) in [4.78, 5) is 11.8. The van der Waals surface area contributed by atoms with Crippen molar-refractivity contribution in [2.75, 3.05) is 19.0 Å². The van der Waals surface area contributed by atoms with Gasteiger partial charge in [0.2, 0.25) is 5.91 Å². The molecule has 6 heteroatoms. The summed E-state index contributed by atoms with van der Waals surface area (Å²) in [7, 11) is 1.58. The summed E-state index contributed by atoms with van der Waals surface area (Å²) in [5, 5.41) is 5.40. The van der Waals surface area contributed by atoms with Crippen LogP contribution in [0.3, 0.4) is 0 Å². The molecule has 1 aliphatic heterocycles. The van der Waals surface area contributed by atoms with E-state index in [1.807, 2.05) is 0 Å². The maximum absolute atomic E-state index is 13.3. The zero-order valence-corrected chi connectivity index (χ0v) is 9.87. The highest BCUT2D eigenvalue weighted by Gasteiger charge is 2.29. The molecule has 0 saturated carbocycles. The van der Waals surface area contributed by atoms with Gasteiger partial charge in [0.1, 0.15) is 11.6 Å². The molecule has 1 fully saturated rings.